The van der Waals surface area contributed by atoms with E-state index in [1.54, 1.807) is 24.3 Å². The molecule has 5 nitrogen and oxygen atoms in total. The number of hydrogen-bond donors (Lipinski definition) is 2. The number of nitrogen functional groups attached to an aromatic ring is 1. The Morgan fingerprint density at radius 3 is 2.74 bits per heavy atom. The molecule has 0 amide bonds. The molecule has 1 aromatic carbocycles. The zero-order chi connectivity index (χ0) is 13.9. The smallest absolute Gasteiger partial charge is 0.281 e. The third-order valence-corrected chi connectivity index (χ3v) is 4.00. The third-order valence-electron chi connectivity index (χ3n) is 2.64. The summed E-state index contributed by atoms with van der Waals surface area (Å²) in [5.41, 5.74) is 7.32. The quantitative estimate of drug-likeness (QED) is 0.895. The van der Waals surface area contributed by atoms with Crippen molar-refractivity contribution in [3.63, 3.8) is 0 Å². The minimum atomic E-state index is -3.76. The van der Waals surface area contributed by atoms with Crippen molar-refractivity contribution in [1.82, 2.24) is 4.98 Å². The number of anilines is 2. The van der Waals surface area contributed by atoms with Gasteiger partial charge in [0.2, 0.25) is 0 Å². The summed E-state index contributed by atoms with van der Waals surface area (Å²) >= 11 is 0. The van der Waals surface area contributed by atoms with Crippen LogP contribution in [0.4, 0.5) is 11.4 Å². The van der Waals surface area contributed by atoms with E-state index < -0.39 is 10.0 Å². The summed E-state index contributed by atoms with van der Waals surface area (Å²) in [5.74, 6) is 0. The number of pyridine rings is 1. The average molecular weight is 277 g/mol. The Bertz CT molecular complexity index is 684. The van der Waals surface area contributed by atoms with Crippen molar-refractivity contribution in [1.29, 1.82) is 0 Å². The lowest BCUT2D eigenvalue weighted by molar-refractivity contribution is 0.598. The molecule has 0 saturated heterocycles. The monoisotopic (exact) mass is 277 g/mol. The minimum Gasteiger partial charge on any atom is -0.396 e. The van der Waals surface area contributed by atoms with E-state index in [0.717, 1.165) is 12.0 Å². The summed E-state index contributed by atoms with van der Waals surface area (Å²) in [6, 6.07) is 10.3. The van der Waals surface area contributed by atoms with E-state index in [-0.39, 0.29) is 10.7 Å². The van der Waals surface area contributed by atoms with Crippen molar-refractivity contribution in [2.75, 3.05) is 10.5 Å². The summed E-state index contributed by atoms with van der Waals surface area (Å²) < 4.78 is 26.8. The number of nitrogens with two attached hydrogens (primary N) is 1. The van der Waals surface area contributed by atoms with Gasteiger partial charge in [-0.25, -0.2) is 4.98 Å². The van der Waals surface area contributed by atoms with Crippen LogP contribution >= 0.6 is 0 Å². The van der Waals surface area contributed by atoms with Gasteiger partial charge in [0.1, 0.15) is 0 Å². The second-order valence-corrected chi connectivity index (χ2v) is 5.65. The molecule has 0 aliphatic carbocycles. The molecule has 6 heteroatoms. The Hall–Kier alpha value is -2.08. The van der Waals surface area contributed by atoms with E-state index in [4.69, 9.17) is 5.73 Å². The predicted octanol–water partition coefficient (Wildman–Crippen LogP) is 2.03. The lowest BCUT2D eigenvalue weighted by Crippen LogP contribution is -2.16. The molecule has 0 aliphatic rings. The Balaban J connectivity index is 2.34. The van der Waals surface area contributed by atoms with E-state index >= 15 is 0 Å². The number of hydrogen-bond acceptors (Lipinski definition) is 4. The lowest BCUT2D eigenvalue weighted by Gasteiger charge is -2.09. The number of aromatic nitrogens is 1. The molecular weight excluding hydrogens is 262 g/mol. The van der Waals surface area contributed by atoms with Gasteiger partial charge in [0.05, 0.1) is 5.69 Å². The van der Waals surface area contributed by atoms with Crippen molar-refractivity contribution < 1.29 is 8.42 Å². The molecule has 1 aromatic heterocycles. The molecular formula is C13H15N3O2S. The number of nitrogens with zero attached hydrogens (tertiary/aromatic N) is 1. The highest BCUT2D eigenvalue weighted by molar-refractivity contribution is 7.92. The van der Waals surface area contributed by atoms with E-state index in [0.29, 0.717) is 5.69 Å². The van der Waals surface area contributed by atoms with Crippen LogP contribution in [0.25, 0.3) is 0 Å². The average Bonchev–Trinajstić information content (AvgIpc) is 2.38. The Morgan fingerprint density at radius 1 is 1.26 bits per heavy atom. The predicted molar refractivity (Wildman–Crippen MR) is 75.3 cm³/mol. The van der Waals surface area contributed by atoms with Gasteiger partial charge in [-0.2, -0.15) is 8.42 Å². The maximum absolute atomic E-state index is 12.2. The van der Waals surface area contributed by atoms with E-state index in [9.17, 15) is 8.42 Å². The van der Waals surface area contributed by atoms with Crippen molar-refractivity contribution in [2.45, 2.75) is 18.4 Å². The summed E-state index contributed by atoms with van der Waals surface area (Å²) in [4.78, 5) is 3.81. The van der Waals surface area contributed by atoms with Gasteiger partial charge in [-0.15, -0.1) is 0 Å². The molecule has 0 atom stereocenters. The fourth-order valence-electron chi connectivity index (χ4n) is 1.69. The molecule has 0 aliphatic heterocycles. The van der Waals surface area contributed by atoms with Crippen LogP contribution in [0.3, 0.4) is 0 Å². The molecule has 2 aromatic rings. The Kier molecular flexibility index (Phi) is 3.71. The van der Waals surface area contributed by atoms with Gasteiger partial charge in [0.25, 0.3) is 10.0 Å². The zero-order valence-corrected chi connectivity index (χ0v) is 11.3. The molecule has 0 fully saturated rings. The number of rotatable bonds is 4. The van der Waals surface area contributed by atoms with E-state index in [1.165, 1.54) is 12.3 Å². The van der Waals surface area contributed by atoms with Crippen LogP contribution in [0, 0.1) is 0 Å². The highest BCUT2D eigenvalue weighted by Gasteiger charge is 2.18. The van der Waals surface area contributed by atoms with Crippen LogP contribution in [-0.4, -0.2) is 13.4 Å². The van der Waals surface area contributed by atoms with Gasteiger partial charge < -0.3 is 5.73 Å². The normalized spacial score (nSPS) is 11.2. The molecule has 100 valence electrons. The maximum atomic E-state index is 12.2. The molecule has 0 saturated carbocycles. The number of nitrogens with one attached hydrogen (secondary N) is 1. The summed E-state index contributed by atoms with van der Waals surface area (Å²) in [7, 11) is -3.76. The molecule has 0 spiro atoms. The van der Waals surface area contributed by atoms with Crippen LogP contribution in [0.2, 0.25) is 0 Å². The number of sulfonamides is 1. The standard InChI is InChI=1S/C13H15N3O2S/c1-2-10-5-3-6-11(9-10)16-19(17,18)13-12(14)7-4-8-15-13/h3-9,16H,2,14H2,1H3. The molecule has 2 rings (SSSR count). The van der Waals surface area contributed by atoms with Crippen LogP contribution < -0.4 is 10.5 Å². The molecule has 19 heavy (non-hydrogen) atoms. The fourth-order valence-corrected chi connectivity index (χ4v) is 2.80. The first-order valence-electron chi connectivity index (χ1n) is 5.85. The topological polar surface area (TPSA) is 85.1 Å². The van der Waals surface area contributed by atoms with Gasteiger partial charge in [-0.3, -0.25) is 4.72 Å². The van der Waals surface area contributed by atoms with E-state index in [2.05, 4.69) is 9.71 Å². The third kappa shape index (κ3) is 3.03. The molecule has 3 N–H and O–H groups in total. The molecule has 0 bridgehead atoms. The maximum Gasteiger partial charge on any atom is 0.281 e. The van der Waals surface area contributed by atoms with Crippen LogP contribution in [0.5, 0.6) is 0 Å². The van der Waals surface area contributed by atoms with Crippen molar-refractivity contribution >= 4 is 21.4 Å². The Morgan fingerprint density at radius 2 is 2.05 bits per heavy atom. The number of aryl methyl sites for hydroxylation is 1. The van der Waals surface area contributed by atoms with Crippen molar-refractivity contribution in [3.05, 3.63) is 48.2 Å². The molecule has 0 unspecified atom stereocenters. The number of benzene rings is 1. The van der Waals surface area contributed by atoms with Gasteiger partial charge >= 0.3 is 0 Å². The summed E-state index contributed by atoms with van der Waals surface area (Å²) in [5, 5.41) is -0.156. The zero-order valence-electron chi connectivity index (χ0n) is 10.5. The van der Waals surface area contributed by atoms with Gasteiger partial charge in [-0.1, -0.05) is 19.1 Å². The fraction of sp³-hybridized carbons (Fsp3) is 0.154. The lowest BCUT2D eigenvalue weighted by atomic mass is 10.1. The van der Waals surface area contributed by atoms with Gasteiger partial charge in [0.15, 0.2) is 5.03 Å². The minimum absolute atomic E-state index is 0.127. The van der Waals surface area contributed by atoms with Crippen LogP contribution in [0.1, 0.15) is 12.5 Å². The first kappa shape index (κ1) is 13.4. The first-order chi connectivity index (χ1) is 9.03. The Labute approximate surface area is 112 Å². The summed E-state index contributed by atoms with van der Waals surface area (Å²) in [6.45, 7) is 2.00. The van der Waals surface area contributed by atoms with Gasteiger partial charge in [0, 0.05) is 11.9 Å². The highest BCUT2D eigenvalue weighted by atomic mass is 32.2. The first-order valence-corrected chi connectivity index (χ1v) is 7.33. The highest BCUT2D eigenvalue weighted by Crippen LogP contribution is 2.19. The van der Waals surface area contributed by atoms with E-state index in [1.807, 2.05) is 13.0 Å². The largest absolute Gasteiger partial charge is 0.396 e. The SMILES string of the molecule is CCc1cccc(NS(=O)(=O)c2ncccc2N)c1. The molecule has 1 heterocycles. The second kappa shape index (κ2) is 5.27. The summed E-state index contributed by atoms with van der Waals surface area (Å²) in [6.07, 6.45) is 2.23. The van der Waals surface area contributed by atoms with Crippen LogP contribution in [0.15, 0.2) is 47.6 Å². The molecule has 0 radical (unpaired) electrons. The van der Waals surface area contributed by atoms with Crippen LogP contribution in [-0.2, 0) is 16.4 Å². The van der Waals surface area contributed by atoms with Crippen molar-refractivity contribution in [2.24, 2.45) is 0 Å². The van der Waals surface area contributed by atoms with Gasteiger partial charge in [-0.05, 0) is 36.2 Å². The second-order valence-electron chi connectivity index (χ2n) is 4.06. The van der Waals surface area contributed by atoms with Crippen molar-refractivity contribution in [3.8, 4) is 0 Å².